The second kappa shape index (κ2) is 8.68. The van der Waals surface area contributed by atoms with Gasteiger partial charge >= 0.3 is 0 Å². The number of amides is 1. The number of ether oxygens (including phenoxy) is 1. The molecule has 0 fully saturated rings. The van der Waals surface area contributed by atoms with E-state index in [1.165, 1.54) is 0 Å². The van der Waals surface area contributed by atoms with E-state index >= 15 is 0 Å². The highest BCUT2D eigenvalue weighted by atomic mass is 79.9. The fourth-order valence-corrected chi connectivity index (χ4v) is 2.72. The predicted octanol–water partition coefficient (Wildman–Crippen LogP) is 2.52. The van der Waals surface area contributed by atoms with Crippen molar-refractivity contribution in [1.82, 2.24) is 10.2 Å². The Labute approximate surface area is 130 Å². The number of carbonyl (C=O) groups excluding carboxylic acids is 1. The maximum Gasteiger partial charge on any atom is 0.252 e. The highest BCUT2D eigenvalue weighted by Gasteiger charge is 2.09. The molecule has 6 heteroatoms. The summed E-state index contributed by atoms with van der Waals surface area (Å²) in [6, 6.07) is 5.50. The van der Waals surface area contributed by atoms with Crippen LogP contribution in [0.1, 0.15) is 10.4 Å². The van der Waals surface area contributed by atoms with E-state index in [4.69, 9.17) is 4.74 Å². The van der Waals surface area contributed by atoms with Gasteiger partial charge < -0.3 is 15.0 Å². The molecule has 0 aliphatic heterocycles. The molecule has 4 nitrogen and oxygen atoms in total. The monoisotopic (exact) mass is 392 g/mol. The molecule has 19 heavy (non-hydrogen) atoms. The molecule has 1 rings (SSSR count). The molecule has 0 unspecified atom stereocenters. The van der Waals surface area contributed by atoms with Gasteiger partial charge in [0.25, 0.3) is 5.91 Å². The van der Waals surface area contributed by atoms with E-state index in [1.807, 2.05) is 19.2 Å². The van der Waals surface area contributed by atoms with E-state index in [9.17, 15) is 4.79 Å². The Bertz CT molecular complexity index is 427. The maximum absolute atomic E-state index is 12.0. The Morgan fingerprint density at radius 1 is 1.37 bits per heavy atom. The van der Waals surface area contributed by atoms with Gasteiger partial charge in [-0.2, -0.15) is 0 Å². The van der Waals surface area contributed by atoms with Crippen molar-refractivity contribution in [3.8, 4) is 0 Å². The van der Waals surface area contributed by atoms with Gasteiger partial charge in [0.05, 0.1) is 12.2 Å². The third-order valence-electron chi connectivity index (χ3n) is 2.63. The summed E-state index contributed by atoms with van der Waals surface area (Å²) in [5.41, 5.74) is 0.641. The maximum atomic E-state index is 12.0. The topological polar surface area (TPSA) is 41.6 Å². The molecule has 1 amide bonds. The summed E-state index contributed by atoms with van der Waals surface area (Å²) in [5, 5.41) is 2.90. The molecule has 1 N–H and O–H groups in total. The Kier molecular flexibility index (Phi) is 7.60. The van der Waals surface area contributed by atoms with Crippen LogP contribution in [-0.4, -0.2) is 51.2 Å². The molecule has 0 spiro atoms. The number of rotatable bonds is 7. The van der Waals surface area contributed by atoms with Crippen LogP contribution in [0.2, 0.25) is 0 Å². The zero-order valence-corrected chi connectivity index (χ0v) is 14.3. The zero-order valence-electron chi connectivity index (χ0n) is 11.1. The molecule has 0 radical (unpaired) electrons. The molecule has 0 saturated carbocycles. The Hall–Kier alpha value is -0.430. The third kappa shape index (κ3) is 6.03. The van der Waals surface area contributed by atoms with Crippen molar-refractivity contribution in [2.45, 2.75) is 0 Å². The quantitative estimate of drug-likeness (QED) is 0.773. The number of nitrogens with one attached hydrogen (secondary N) is 1. The fourth-order valence-electron chi connectivity index (χ4n) is 1.49. The number of hydrogen-bond donors (Lipinski definition) is 1. The highest BCUT2D eigenvalue weighted by molar-refractivity contribution is 9.11. The van der Waals surface area contributed by atoms with E-state index in [2.05, 4.69) is 42.1 Å². The molecule has 0 atom stereocenters. The van der Waals surface area contributed by atoms with Crippen LogP contribution in [0.25, 0.3) is 0 Å². The van der Waals surface area contributed by atoms with Crippen LogP contribution in [0.3, 0.4) is 0 Å². The van der Waals surface area contributed by atoms with Gasteiger partial charge in [0.2, 0.25) is 0 Å². The van der Waals surface area contributed by atoms with Gasteiger partial charge in [0.1, 0.15) is 0 Å². The minimum atomic E-state index is -0.0699. The van der Waals surface area contributed by atoms with Gasteiger partial charge in [-0.25, -0.2) is 0 Å². The predicted molar refractivity (Wildman–Crippen MR) is 83.5 cm³/mol. The van der Waals surface area contributed by atoms with E-state index < -0.39 is 0 Å². The van der Waals surface area contributed by atoms with Crippen molar-refractivity contribution < 1.29 is 9.53 Å². The zero-order chi connectivity index (χ0) is 14.3. The first kappa shape index (κ1) is 16.6. The van der Waals surface area contributed by atoms with Crippen LogP contribution < -0.4 is 5.32 Å². The lowest BCUT2D eigenvalue weighted by molar-refractivity contribution is 0.0946. The average molecular weight is 394 g/mol. The number of halogens is 2. The molecule has 0 saturated heterocycles. The number of carbonyl (C=O) groups is 1. The molecule has 0 bridgehead atoms. The number of methoxy groups -OCH3 is 1. The van der Waals surface area contributed by atoms with Crippen molar-refractivity contribution in [1.29, 1.82) is 0 Å². The molecule has 0 aliphatic rings. The first-order valence-electron chi connectivity index (χ1n) is 5.95. The van der Waals surface area contributed by atoms with Crippen LogP contribution in [0.5, 0.6) is 0 Å². The van der Waals surface area contributed by atoms with Crippen molar-refractivity contribution in [3.63, 3.8) is 0 Å². The lowest BCUT2D eigenvalue weighted by Crippen LogP contribution is -2.34. The molecule has 106 valence electrons. The fraction of sp³-hybridized carbons (Fsp3) is 0.462. The van der Waals surface area contributed by atoms with Gasteiger partial charge in [-0.05, 0) is 41.2 Å². The van der Waals surface area contributed by atoms with Crippen molar-refractivity contribution in [2.24, 2.45) is 0 Å². The van der Waals surface area contributed by atoms with Crippen LogP contribution in [0.4, 0.5) is 0 Å². The standard InChI is InChI=1S/C13H18Br2N2O2/c1-17(7-8-19-2)6-5-16-13(18)11-4-3-10(14)9-12(11)15/h3-4,9H,5-8H2,1-2H3,(H,16,18). The smallest absolute Gasteiger partial charge is 0.252 e. The Morgan fingerprint density at radius 3 is 2.74 bits per heavy atom. The number of likely N-dealkylation sites (N-methyl/N-ethyl adjacent to an activating group) is 1. The van der Waals surface area contributed by atoms with Crippen molar-refractivity contribution >= 4 is 37.8 Å². The molecule has 0 aromatic heterocycles. The second-order valence-corrected chi connectivity index (χ2v) is 5.95. The molecule has 1 aromatic carbocycles. The van der Waals surface area contributed by atoms with Crippen LogP contribution >= 0.6 is 31.9 Å². The summed E-state index contributed by atoms with van der Waals surface area (Å²) < 4.78 is 6.72. The first-order valence-corrected chi connectivity index (χ1v) is 7.54. The van der Waals surface area contributed by atoms with E-state index in [0.717, 1.165) is 22.0 Å². The summed E-state index contributed by atoms with van der Waals surface area (Å²) in [6.45, 7) is 2.96. The molecule has 0 aliphatic carbocycles. The lowest BCUT2D eigenvalue weighted by atomic mass is 10.2. The Morgan fingerprint density at radius 2 is 2.11 bits per heavy atom. The summed E-state index contributed by atoms with van der Waals surface area (Å²) in [7, 11) is 3.68. The minimum Gasteiger partial charge on any atom is -0.383 e. The van der Waals surface area contributed by atoms with Gasteiger partial charge in [-0.1, -0.05) is 15.9 Å². The summed E-state index contributed by atoms with van der Waals surface area (Å²) in [6.07, 6.45) is 0. The normalized spacial score (nSPS) is 10.8. The van der Waals surface area contributed by atoms with E-state index in [0.29, 0.717) is 18.7 Å². The van der Waals surface area contributed by atoms with Gasteiger partial charge in [0.15, 0.2) is 0 Å². The summed E-state index contributed by atoms with van der Waals surface area (Å²) in [5.74, 6) is -0.0699. The molecular weight excluding hydrogens is 376 g/mol. The number of hydrogen-bond acceptors (Lipinski definition) is 3. The minimum absolute atomic E-state index is 0.0699. The summed E-state index contributed by atoms with van der Waals surface area (Å²) >= 11 is 6.75. The van der Waals surface area contributed by atoms with Gasteiger partial charge in [0, 0.05) is 35.7 Å². The van der Waals surface area contributed by atoms with Crippen LogP contribution in [-0.2, 0) is 4.74 Å². The van der Waals surface area contributed by atoms with Gasteiger partial charge in [-0.3, -0.25) is 4.79 Å². The van der Waals surface area contributed by atoms with Gasteiger partial charge in [-0.15, -0.1) is 0 Å². The average Bonchev–Trinajstić information content (AvgIpc) is 2.36. The van der Waals surface area contributed by atoms with Crippen molar-refractivity contribution in [3.05, 3.63) is 32.7 Å². The first-order chi connectivity index (χ1) is 9.04. The number of nitrogens with zero attached hydrogens (tertiary/aromatic N) is 1. The highest BCUT2D eigenvalue weighted by Crippen LogP contribution is 2.21. The lowest BCUT2D eigenvalue weighted by Gasteiger charge is -2.16. The van der Waals surface area contributed by atoms with E-state index in [-0.39, 0.29) is 5.91 Å². The Balaban J connectivity index is 2.39. The van der Waals surface area contributed by atoms with Crippen LogP contribution in [0.15, 0.2) is 27.1 Å². The molecular formula is C13H18Br2N2O2. The second-order valence-electron chi connectivity index (χ2n) is 4.18. The third-order valence-corrected chi connectivity index (χ3v) is 3.78. The van der Waals surface area contributed by atoms with E-state index in [1.54, 1.807) is 13.2 Å². The van der Waals surface area contributed by atoms with Crippen LogP contribution in [0, 0.1) is 0 Å². The largest absolute Gasteiger partial charge is 0.383 e. The molecule has 1 aromatic rings. The summed E-state index contributed by atoms with van der Waals surface area (Å²) in [4.78, 5) is 14.1. The number of benzene rings is 1. The SMILES string of the molecule is COCCN(C)CCNC(=O)c1ccc(Br)cc1Br. The molecule has 0 heterocycles. The van der Waals surface area contributed by atoms with Crippen molar-refractivity contribution in [2.75, 3.05) is 40.4 Å².